The smallest absolute Gasteiger partial charge is 0.309 e. The molecule has 0 aromatic carbocycles. The highest BCUT2D eigenvalue weighted by Crippen LogP contribution is 2.19. The minimum absolute atomic E-state index is 0.150. The second-order valence-electron chi connectivity index (χ2n) is 3.27. The number of hydrogen-bond acceptors (Lipinski definition) is 5. The summed E-state index contributed by atoms with van der Waals surface area (Å²) in [5.74, 6) is -1.25. The highest BCUT2D eigenvalue weighted by Gasteiger charge is 2.13. The number of nitrogens with zero attached hydrogens (tertiary/aromatic N) is 1. The van der Waals surface area contributed by atoms with E-state index in [0.717, 1.165) is 11.3 Å². The van der Waals surface area contributed by atoms with Crippen molar-refractivity contribution in [2.24, 2.45) is 0 Å². The highest BCUT2D eigenvalue weighted by atomic mass is 79.9. The molecule has 0 aliphatic carbocycles. The lowest BCUT2D eigenvalue weighted by Crippen LogP contribution is -2.10. The molecule has 94 valence electrons. The lowest BCUT2D eigenvalue weighted by Gasteiger charge is -1.97. The molecule has 0 unspecified atom stereocenters. The van der Waals surface area contributed by atoms with Gasteiger partial charge in [0.2, 0.25) is 0 Å². The van der Waals surface area contributed by atoms with Gasteiger partial charge in [0.1, 0.15) is 0 Å². The molecule has 2 aromatic rings. The molecule has 0 fully saturated rings. The Morgan fingerprint density at radius 2 is 2.28 bits per heavy atom. The van der Waals surface area contributed by atoms with Crippen LogP contribution < -0.4 is 5.32 Å². The van der Waals surface area contributed by atoms with E-state index in [1.54, 1.807) is 11.4 Å². The first kappa shape index (κ1) is 12.8. The largest absolute Gasteiger partial charge is 0.481 e. The first-order valence-electron chi connectivity index (χ1n) is 4.77. The van der Waals surface area contributed by atoms with Crippen LogP contribution in [-0.4, -0.2) is 22.0 Å². The predicted molar refractivity (Wildman–Crippen MR) is 67.8 cm³/mol. The van der Waals surface area contributed by atoms with E-state index in [1.807, 2.05) is 0 Å². The summed E-state index contributed by atoms with van der Waals surface area (Å²) in [6.45, 7) is 0. The molecule has 2 heterocycles. The topological polar surface area (TPSA) is 92.4 Å². The van der Waals surface area contributed by atoms with Crippen LogP contribution in [0.5, 0.6) is 0 Å². The van der Waals surface area contributed by atoms with E-state index in [4.69, 9.17) is 9.52 Å². The van der Waals surface area contributed by atoms with Gasteiger partial charge in [0.05, 0.1) is 12.1 Å². The quantitative estimate of drug-likeness (QED) is 0.897. The van der Waals surface area contributed by atoms with Crippen molar-refractivity contribution in [1.82, 2.24) is 4.98 Å². The molecule has 0 spiro atoms. The van der Waals surface area contributed by atoms with E-state index in [9.17, 15) is 9.59 Å². The molecule has 18 heavy (non-hydrogen) atoms. The van der Waals surface area contributed by atoms with Crippen molar-refractivity contribution >= 4 is 44.3 Å². The predicted octanol–water partition coefficient (Wildman–Crippen LogP) is 2.38. The summed E-state index contributed by atoms with van der Waals surface area (Å²) in [5, 5.41) is 13.0. The molecule has 0 radical (unpaired) electrons. The summed E-state index contributed by atoms with van der Waals surface area (Å²) in [6.07, 6.45) is -0.168. The Hall–Kier alpha value is -1.67. The van der Waals surface area contributed by atoms with E-state index in [0.29, 0.717) is 15.5 Å². The number of hydrogen-bond donors (Lipinski definition) is 2. The molecule has 2 rings (SSSR count). The molecule has 6 nitrogen and oxygen atoms in total. The Labute approximate surface area is 114 Å². The molecule has 0 aliphatic heterocycles. The zero-order chi connectivity index (χ0) is 13.1. The van der Waals surface area contributed by atoms with Crippen molar-refractivity contribution in [3.8, 4) is 0 Å². The van der Waals surface area contributed by atoms with Crippen molar-refractivity contribution in [3.63, 3.8) is 0 Å². The van der Waals surface area contributed by atoms with Crippen molar-refractivity contribution in [2.75, 3.05) is 5.32 Å². The van der Waals surface area contributed by atoms with Gasteiger partial charge in [0.25, 0.3) is 5.91 Å². The van der Waals surface area contributed by atoms with Crippen LogP contribution in [0, 0.1) is 0 Å². The van der Waals surface area contributed by atoms with E-state index < -0.39 is 11.9 Å². The second-order valence-corrected chi connectivity index (χ2v) is 4.91. The van der Waals surface area contributed by atoms with Crippen LogP contribution in [0.2, 0.25) is 0 Å². The monoisotopic (exact) mass is 330 g/mol. The molecule has 2 aromatic heterocycles. The van der Waals surface area contributed by atoms with Crippen LogP contribution in [0.15, 0.2) is 26.6 Å². The molecule has 8 heteroatoms. The number of nitrogens with one attached hydrogen (secondary N) is 1. The van der Waals surface area contributed by atoms with Gasteiger partial charge in [-0.3, -0.25) is 14.9 Å². The van der Waals surface area contributed by atoms with E-state index in [1.165, 1.54) is 6.07 Å². The molecular weight excluding hydrogens is 324 g/mol. The number of furan rings is 1. The first-order valence-corrected chi connectivity index (χ1v) is 6.45. The lowest BCUT2D eigenvalue weighted by molar-refractivity contribution is -0.136. The highest BCUT2D eigenvalue weighted by molar-refractivity contribution is 9.10. The van der Waals surface area contributed by atoms with Crippen molar-refractivity contribution in [2.45, 2.75) is 6.42 Å². The second kappa shape index (κ2) is 5.32. The SMILES string of the molecule is O=C(O)Cc1csc(NC(=O)c2ccc(Br)o2)n1. The number of anilines is 1. The minimum Gasteiger partial charge on any atom is -0.481 e. The molecule has 0 atom stereocenters. The first-order chi connectivity index (χ1) is 8.54. The Bertz CT molecular complexity index is 592. The van der Waals surface area contributed by atoms with Crippen LogP contribution >= 0.6 is 27.3 Å². The van der Waals surface area contributed by atoms with Gasteiger partial charge >= 0.3 is 5.97 Å². The molecule has 0 saturated carbocycles. The Morgan fingerprint density at radius 1 is 1.50 bits per heavy atom. The number of aliphatic carboxylic acids is 1. The average Bonchev–Trinajstić information content (AvgIpc) is 2.87. The van der Waals surface area contributed by atoms with Crippen molar-refractivity contribution in [3.05, 3.63) is 33.6 Å². The van der Waals surface area contributed by atoms with Gasteiger partial charge in [-0.2, -0.15) is 0 Å². The van der Waals surface area contributed by atoms with Crippen LogP contribution in [0.4, 0.5) is 5.13 Å². The number of amides is 1. The maximum absolute atomic E-state index is 11.7. The fourth-order valence-electron chi connectivity index (χ4n) is 1.20. The summed E-state index contributed by atoms with van der Waals surface area (Å²) in [5.41, 5.74) is 0.406. The normalized spacial score (nSPS) is 10.3. The number of carboxylic acid groups (broad SMARTS) is 1. The number of thiazole rings is 1. The van der Waals surface area contributed by atoms with Crippen LogP contribution in [0.1, 0.15) is 16.2 Å². The molecule has 2 N–H and O–H groups in total. The van der Waals surface area contributed by atoms with E-state index >= 15 is 0 Å². The zero-order valence-corrected chi connectivity index (χ0v) is 11.2. The lowest BCUT2D eigenvalue weighted by atomic mass is 10.3. The molecule has 0 saturated heterocycles. The van der Waals surface area contributed by atoms with Gasteiger partial charge in [0, 0.05) is 5.38 Å². The molecule has 1 amide bonds. The summed E-state index contributed by atoms with van der Waals surface area (Å²) in [7, 11) is 0. The van der Waals surface area contributed by atoms with Crippen LogP contribution in [0.3, 0.4) is 0 Å². The third-order valence-electron chi connectivity index (χ3n) is 1.90. The average molecular weight is 331 g/mol. The maximum atomic E-state index is 11.7. The van der Waals surface area contributed by atoms with Gasteiger partial charge < -0.3 is 9.52 Å². The summed E-state index contributed by atoms with van der Waals surface area (Å²) >= 11 is 4.25. The minimum atomic E-state index is -0.965. The van der Waals surface area contributed by atoms with Gasteiger partial charge in [-0.25, -0.2) is 4.98 Å². The standard InChI is InChI=1S/C10H7BrN2O4S/c11-7-2-1-6(17-7)9(16)13-10-12-5(4-18-10)3-8(14)15/h1-2,4H,3H2,(H,14,15)(H,12,13,16). The van der Waals surface area contributed by atoms with Gasteiger partial charge in [-0.1, -0.05) is 0 Å². The van der Waals surface area contributed by atoms with Gasteiger partial charge in [-0.15, -0.1) is 11.3 Å². The number of carboxylic acids is 1. The molecule has 0 bridgehead atoms. The fourth-order valence-corrected chi connectivity index (χ4v) is 2.21. The van der Waals surface area contributed by atoms with Crippen molar-refractivity contribution in [1.29, 1.82) is 0 Å². The number of carbonyl (C=O) groups excluding carboxylic acids is 1. The fraction of sp³-hybridized carbons (Fsp3) is 0.100. The van der Waals surface area contributed by atoms with Gasteiger partial charge in [-0.05, 0) is 28.1 Å². The van der Waals surface area contributed by atoms with Crippen molar-refractivity contribution < 1.29 is 19.1 Å². The summed E-state index contributed by atoms with van der Waals surface area (Å²) in [6, 6.07) is 3.12. The Kier molecular flexibility index (Phi) is 3.78. The number of rotatable bonds is 4. The van der Waals surface area contributed by atoms with E-state index in [-0.39, 0.29) is 12.2 Å². The molecular formula is C10H7BrN2O4S. The third-order valence-corrected chi connectivity index (χ3v) is 3.13. The molecule has 0 aliphatic rings. The van der Waals surface area contributed by atoms with Crippen LogP contribution in [0.25, 0.3) is 0 Å². The van der Waals surface area contributed by atoms with Crippen LogP contribution in [-0.2, 0) is 11.2 Å². The Morgan fingerprint density at radius 3 is 2.89 bits per heavy atom. The third kappa shape index (κ3) is 3.17. The maximum Gasteiger partial charge on any atom is 0.309 e. The van der Waals surface area contributed by atoms with Gasteiger partial charge in [0.15, 0.2) is 15.6 Å². The summed E-state index contributed by atoms with van der Waals surface area (Å²) < 4.78 is 5.53. The zero-order valence-electron chi connectivity index (χ0n) is 8.84. The number of halogens is 1. The summed E-state index contributed by atoms with van der Waals surface area (Å²) in [4.78, 5) is 26.1. The number of carbonyl (C=O) groups is 2. The number of aromatic nitrogens is 1. The Balaban J connectivity index is 2.03. The van der Waals surface area contributed by atoms with E-state index in [2.05, 4.69) is 26.2 Å².